The molecule has 1 unspecified atom stereocenters. The third-order valence-corrected chi connectivity index (χ3v) is 5.39. The lowest BCUT2D eigenvalue weighted by molar-refractivity contribution is -0.163. The highest BCUT2D eigenvalue weighted by atomic mass is 19.1. The Hall–Kier alpha value is -3.29. The molecule has 35 heavy (non-hydrogen) atoms. The highest BCUT2D eigenvalue weighted by molar-refractivity contribution is 5.80. The normalized spacial score (nSPS) is 13.9. The predicted octanol–water partition coefficient (Wildman–Crippen LogP) is 5.28. The van der Waals surface area contributed by atoms with E-state index in [1.807, 2.05) is 0 Å². The van der Waals surface area contributed by atoms with Crippen LogP contribution >= 0.6 is 0 Å². The molecule has 0 N–H and O–H groups in total. The molecule has 0 aliphatic carbocycles. The van der Waals surface area contributed by atoms with Gasteiger partial charge in [0.1, 0.15) is 34.8 Å². The first kappa shape index (κ1) is 28.0. The number of rotatable bonds is 10. The number of carbonyl (C=O) groups excluding carboxylic acids is 2. The molecule has 2 aromatic carbocycles. The molecule has 3 atom stereocenters. The molecule has 0 radical (unpaired) electrons. The monoisotopic (exact) mass is 490 g/mol. The average Bonchev–Trinajstić information content (AvgIpc) is 2.78. The Labute approximate surface area is 206 Å². The summed E-state index contributed by atoms with van der Waals surface area (Å²) < 4.78 is 42.2. The van der Waals surface area contributed by atoms with Crippen LogP contribution in [0.4, 0.5) is 4.39 Å². The Balaban J connectivity index is 2.39. The van der Waals surface area contributed by atoms with Crippen molar-refractivity contribution in [3.8, 4) is 17.2 Å². The van der Waals surface area contributed by atoms with Gasteiger partial charge in [0.05, 0.1) is 39.6 Å². The molecule has 0 saturated heterocycles. The average molecular weight is 491 g/mol. The van der Waals surface area contributed by atoms with Crippen molar-refractivity contribution in [3.63, 3.8) is 0 Å². The van der Waals surface area contributed by atoms with Crippen LogP contribution in [0.5, 0.6) is 17.2 Å². The van der Waals surface area contributed by atoms with Crippen LogP contribution in [0.2, 0.25) is 0 Å². The van der Waals surface area contributed by atoms with Crippen molar-refractivity contribution < 1.29 is 37.7 Å². The van der Waals surface area contributed by atoms with Gasteiger partial charge in [0.25, 0.3) is 0 Å². The van der Waals surface area contributed by atoms with Crippen molar-refractivity contribution in [1.82, 2.24) is 0 Å². The van der Waals surface area contributed by atoms with Gasteiger partial charge in [-0.25, -0.2) is 4.39 Å². The lowest BCUT2D eigenvalue weighted by Gasteiger charge is -2.28. The maximum absolute atomic E-state index is 15.2. The maximum atomic E-state index is 15.2. The van der Waals surface area contributed by atoms with Crippen molar-refractivity contribution in [2.75, 3.05) is 21.3 Å². The Morgan fingerprint density at radius 1 is 0.886 bits per heavy atom. The molecule has 0 aromatic heterocycles. The van der Waals surface area contributed by atoms with Crippen molar-refractivity contribution in [2.24, 2.45) is 5.92 Å². The number of hydrogen-bond acceptors (Lipinski definition) is 7. The molecule has 2 aromatic rings. The van der Waals surface area contributed by atoms with Crippen LogP contribution in [0, 0.1) is 11.7 Å². The van der Waals surface area contributed by atoms with Crippen LogP contribution in [-0.2, 0) is 19.1 Å². The van der Waals surface area contributed by atoms with Crippen LogP contribution in [-0.4, -0.2) is 45.0 Å². The molecule has 0 aliphatic heterocycles. The SMILES string of the molecule is COc1ccc(C(c2ccc(OC)cc2OC)[C@H](C)OC(=O)[C@H](C)CC(=O)OC(C)(C)C)c(F)c1. The fourth-order valence-electron chi connectivity index (χ4n) is 3.72. The van der Waals surface area contributed by atoms with Gasteiger partial charge in [-0.2, -0.15) is 0 Å². The van der Waals surface area contributed by atoms with Gasteiger partial charge >= 0.3 is 11.9 Å². The van der Waals surface area contributed by atoms with Crippen LogP contribution in [0.25, 0.3) is 0 Å². The van der Waals surface area contributed by atoms with Gasteiger partial charge in [-0.05, 0) is 45.4 Å². The zero-order valence-electron chi connectivity index (χ0n) is 21.6. The second kappa shape index (κ2) is 11.9. The van der Waals surface area contributed by atoms with E-state index in [0.29, 0.717) is 28.4 Å². The van der Waals surface area contributed by atoms with E-state index in [-0.39, 0.29) is 6.42 Å². The zero-order chi connectivity index (χ0) is 26.3. The molecule has 0 spiro atoms. The van der Waals surface area contributed by atoms with Gasteiger partial charge in [-0.15, -0.1) is 0 Å². The number of hydrogen-bond donors (Lipinski definition) is 0. The minimum absolute atomic E-state index is 0.129. The van der Waals surface area contributed by atoms with E-state index in [1.165, 1.54) is 27.4 Å². The molecular formula is C27H35FO7. The second-order valence-electron chi connectivity index (χ2n) is 9.31. The van der Waals surface area contributed by atoms with Gasteiger partial charge in [-0.3, -0.25) is 9.59 Å². The Bertz CT molecular complexity index is 1030. The third-order valence-electron chi connectivity index (χ3n) is 5.39. The molecule has 192 valence electrons. The van der Waals surface area contributed by atoms with Crippen LogP contribution in [0.15, 0.2) is 36.4 Å². The molecule has 0 bridgehead atoms. The summed E-state index contributed by atoms with van der Waals surface area (Å²) >= 11 is 0. The molecule has 0 saturated carbocycles. The molecule has 0 amide bonds. The summed E-state index contributed by atoms with van der Waals surface area (Å²) in [5.74, 6) is -1.67. The molecule has 0 fully saturated rings. The lowest BCUT2D eigenvalue weighted by Crippen LogP contribution is -2.30. The highest BCUT2D eigenvalue weighted by Crippen LogP contribution is 2.39. The first-order valence-corrected chi connectivity index (χ1v) is 11.4. The molecule has 2 rings (SSSR count). The largest absolute Gasteiger partial charge is 0.497 e. The van der Waals surface area contributed by atoms with Gasteiger partial charge in [0.15, 0.2) is 0 Å². The Morgan fingerprint density at radius 2 is 1.46 bits per heavy atom. The standard InChI is InChI=1S/C27H35FO7/c1-16(13-24(29)35-27(3,4)5)26(30)34-17(2)25(20-11-9-18(31-6)14-22(20)28)21-12-10-19(32-7)15-23(21)33-8/h9-12,14-17,25H,13H2,1-8H3/t16-,17+,25?/m1/s1. The van der Waals surface area contributed by atoms with E-state index in [9.17, 15) is 9.59 Å². The van der Waals surface area contributed by atoms with Crippen LogP contribution in [0.1, 0.15) is 58.1 Å². The van der Waals surface area contributed by atoms with Crippen molar-refractivity contribution in [3.05, 3.63) is 53.3 Å². The van der Waals surface area contributed by atoms with E-state index in [0.717, 1.165) is 0 Å². The first-order valence-electron chi connectivity index (χ1n) is 11.4. The second-order valence-corrected chi connectivity index (χ2v) is 9.31. The summed E-state index contributed by atoms with van der Waals surface area (Å²) in [6.07, 6.45) is -0.926. The summed E-state index contributed by atoms with van der Waals surface area (Å²) in [7, 11) is 4.49. The smallest absolute Gasteiger partial charge is 0.309 e. The number of carbonyl (C=O) groups is 2. The summed E-state index contributed by atoms with van der Waals surface area (Å²) in [6.45, 7) is 8.54. The van der Waals surface area contributed by atoms with E-state index < -0.39 is 41.3 Å². The number of methoxy groups -OCH3 is 3. The van der Waals surface area contributed by atoms with Crippen LogP contribution < -0.4 is 14.2 Å². The third kappa shape index (κ3) is 7.60. The van der Waals surface area contributed by atoms with E-state index in [4.69, 9.17) is 23.7 Å². The number of esters is 2. The molecule has 0 heterocycles. The van der Waals surface area contributed by atoms with Crippen molar-refractivity contribution >= 4 is 11.9 Å². The Morgan fingerprint density at radius 3 is 1.97 bits per heavy atom. The van der Waals surface area contributed by atoms with Crippen molar-refractivity contribution in [1.29, 1.82) is 0 Å². The molecular weight excluding hydrogens is 455 g/mol. The van der Waals surface area contributed by atoms with Gasteiger partial charge < -0.3 is 23.7 Å². The molecule has 7 nitrogen and oxygen atoms in total. The molecule has 8 heteroatoms. The summed E-state index contributed by atoms with van der Waals surface area (Å²) in [6, 6.07) is 9.67. The zero-order valence-corrected chi connectivity index (χ0v) is 21.6. The fourth-order valence-corrected chi connectivity index (χ4v) is 3.72. The summed E-state index contributed by atoms with van der Waals surface area (Å²) in [5, 5.41) is 0. The van der Waals surface area contributed by atoms with Gasteiger partial charge in [0, 0.05) is 17.7 Å². The van der Waals surface area contributed by atoms with Gasteiger partial charge in [-0.1, -0.05) is 19.1 Å². The lowest BCUT2D eigenvalue weighted by atomic mass is 9.86. The van der Waals surface area contributed by atoms with Crippen LogP contribution in [0.3, 0.4) is 0 Å². The summed E-state index contributed by atoms with van der Waals surface area (Å²) in [5.41, 5.74) is 0.252. The minimum Gasteiger partial charge on any atom is -0.497 e. The molecule has 0 aliphatic rings. The summed E-state index contributed by atoms with van der Waals surface area (Å²) in [4.78, 5) is 25.0. The highest BCUT2D eigenvalue weighted by Gasteiger charge is 2.32. The van der Waals surface area contributed by atoms with Crippen molar-refractivity contribution in [2.45, 2.75) is 58.7 Å². The van der Waals surface area contributed by atoms with E-state index in [2.05, 4.69) is 0 Å². The first-order chi connectivity index (χ1) is 16.4. The maximum Gasteiger partial charge on any atom is 0.309 e. The van der Waals surface area contributed by atoms with E-state index >= 15 is 4.39 Å². The van der Waals surface area contributed by atoms with E-state index in [1.54, 1.807) is 65.0 Å². The number of halogens is 1. The number of benzene rings is 2. The fraction of sp³-hybridized carbons (Fsp3) is 0.481. The predicted molar refractivity (Wildman–Crippen MR) is 130 cm³/mol. The topological polar surface area (TPSA) is 80.3 Å². The number of ether oxygens (including phenoxy) is 5. The van der Waals surface area contributed by atoms with Gasteiger partial charge in [0.2, 0.25) is 0 Å². The Kier molecular flexibility index (Phi) is 9.51. The minimum atomic E-state index is -0.797. The quantitative estimate of drug-likeness (QED) is 0.419.